The highest BCUT2D eigenvalue weighted by Gasteiger charge is 2.47. The summed E-state index contributed by atoms with van der Waals surface area (Å²) in [5.74, 6) is 0.794. The van der Waals surface area contributed by atoms with E-state index in [1.165, 1.54) is 28.0 Å². The van der Waals surface area contributed by atoms with Gasteiger partial charge in [0.2, 0.25) is 0 Å². The van der Waals surface area contributed by atoms with Gasteiger partial charge in [-0.2, -0.15) is 0 Å². The number of fused-ring (bicyclic) bond motifs is 1. The summed E-state index contributed by atoms with van der Waals surface area (Å²) < 4.78 is 37.7. The topological polar surface area (TPSA) is 84.9 Å². The lowest BCUT2D eigenvalue weighted by atomic mass is 9.58. The Morgan fingerprint density at radius 3 is 2.58 bits per heavy atom. The van der Waals surface area contributed by atoms with Gasteiger partial charge >= 0.3 is 6.09 Å². The molecule has 0 bridgehead atoms. The first-order valence-electron chi connectivity index (χ1n) is 15.3. The molecule has 0 radical (unpaired) electrons. The SMILES string of the molecule is O=C(OCc1ccccc1)N1CCC(S(=O)(=O)CCCOc2ccc3c(c2)C(C2(c4ccc(Cl)cc4)CCC2)NCC3)C1. The summed E-state index contributed by atoms with van der Waals surface area (Å²) in [6, 6.07) is 24.2. The minimum absolute atomic E-state index is 0.0272. The monoisotopic (exact) mass is 622 g/mol. The molecule has 9 heteroatoms. The summed E-state index contributed by atoms with van der Waals surface area (Å²) in [6.07, 6.45) is 4.78. The van der Waals surface area contributed by atoms with Gasteiger partial charge in [-0.3, -0.25) is 0 Å². The van der Waals surface area contributed by atoms with E-state index in [0.717, 1.165) is 42.1 Å². The molecule has 2 heterocycles. The number of hydrogen-bond acceptors (Lipinski definition) is 6. The van der Waals surface area contributed by atoms with Gasteiger partial charge in [-0.05, 0) is 85.2 Å². The van der Waals surface area contributed by atoms with Crippen LogP contribution in [0.2, 0.25) is 5.02 Å². The van der Waals surface area contributed by atoms with Gasteiger partial charge in [0, 0.05) is 29.6 Å². The van der Waals surface area contributed by atoms with Crippen LogP contribution in [0.5, 0.6) is 5.75 Å². The minimum atomic E-state index is -3.37. The average molecular weight is 623 g/mol. The van der Waals surface area contributed by atoms with Crippen molar-refractivity contribution in [2.75, 3.05) is 32.0 Å². The molecule has 1 N–H and O–H groups in total. The number of nitrogens with zero attached hydrogens (tertiary/aromatic N) is 1. The third kappa shape index (κ3) is 6.56. The Morgan fingerprint density at radius 2 is 1.84 bits per heavy atom. The molecule has 6 rings (SSSR count). The lowest BCUT2D eigenvalue weighted by molar-refractivity contribution is 0.104. The molecule has 3 aliphatic rings. The molecule has 3 aromatic carbocycles. The van der Waals surface area contributed by atoms with Crippen LogP contribution in [0, 0.1) is 0 Å². The maximum atomic E-state index is 13.1. The van der Waals surface area contributed by atoms with Gasteiger partial charge in [-0.1, -0.05) is 66.6 Å². The third-order valence-corrected chi connectivity index (χ3v) is 11.9. The number of benzene rings is 3. The van der Waals surface area contributed by atoms with Crippen LogP contribution in [0.1, 0.15) is 60.4 Å². The van der Waals surface area contributed by atoms with Crippen molar-refractivity contribution in [3.8, 4) is 5.75 Å². The maximum absolute atomic E-state index is 13.1. The number of carbonyl (C=O) groups excluding carboxylic acids is 1. The Morgan fingerprint density at radius 1 is 1.05 bits per heavy atom. The molecule has 2 aliphatic heterocycles. The van der Waals surface area contributed by atoms with E-state index < -0.39 is 21.2 Å². The van der Waals surface area contributed by atoms with Gasteiger partial charge < -0.3 is 19.7 Å². The Bertz CT molecular complexity index is 1530. The van der Waals surface area contributed by atoms with Gasteiger partial charge in [-0.25, -0.2) is 13.2 Å². The number of nitrogens with one attached hydrogen (secondary N) is 1. The summed E-state index contributed by atoms with van der Waals surface area (Å²) in [7, 11) is -3.37. The fraction of sp³-hybridized carbons (Fsp3) is 0.441. The maximum Gasteiger partial charge on any atom is 0.410 e. The molecule has 1 saturated carbocycles. The summed E-state index contributed by atoms with van der Waals surface area (Å²) in [5.41, 5.74) is 4.87. The summed E-state index contributed by atoms with van der Waals surface area (Å²) in [4.78, 5) is 14.0. The second-order valence-electron chi connectivity index (χ2n) is 12.0. The molecule has 43 heavy (non-hydrogen) atoms. The van der Waals surface area contributed by atoms with E-state index >= 15 is 0 Å². The highest BCUT2D eigenvalue weighted by atomic mass is 35.5. The predicted octanol–water partition coefficient (Wildman–Crippen LogP) is 6.24. The zero-order valence-corrected chi connectivity index (χ0v) is 25.9. The first kappa shape index (κ1) is 30.0. The number of halogens is 1. The number of likely N-dealkylation sites (tertiary alicyclic amines) is 1. The van der Waals surface area contributed by atoms with E-state index in [9.17, 15) is 13.2 Å². The highest BCUT2D eigenvalue weighted by molar-refractivity contribution is 7.92. The lowest BCUT2D eigenvalue weighted by Crippen LogP contribution is -2.49. The zero-order chi connectivity index (χ0) is 29.9. The quantitative estimate of drug-likeness (QED) is 0.269. The largest absolute Gasteiger partial charge is 0.494 e. The van der Waals surface area contributed by atoms with E-state index in [0.29, 0.717) is 26.0 Å². The van der Waals surface area contributed by atoms with Crippen LogP contribution < -0.4 is 10.1 Å². The molecular weight excluding hydrogens is 584 g/mol. The smallest absolute Gasteiger partial charge is 0.410 e. The normalized spacial score (nSPS) is 21.1. The van der Waals surface area contributed by atoms with Gasteiger partial charge in [0.25, 0.3) is 0 Å². The van der Waals surface area contributed by atoms with E-state index in [2.05, 4.69) is 29.6 Å². The molecule has 7 nitrogen and oxygen atoms in total. The predicted molar refractivity (Wildman–Crippen MR) is 168 cm³/mol. The standard InChI is InChI=1S/C34H39ClN2O5S/c35-28-11-9-27(10-12-28)34(16-4-17-34)32-31-22-29(13-8-26(31)14-18-36-32)41-20-5-21-43(39,40)30-15-19-37(23-30)33(38)42-24-25-6-2-1-3-7-25/h1-3,6-13,22,30,32,36H,4-5,14-21,23-24H2. The van der Waals surface area contributed by atoms with Crippen LogP contribution in [0.3, 0.4) is 0 Å². The summed E-state index contributed by atoms with van der Waals surface area (Å²) in [6.45, 7) is 1.98. The average Bonchev–Trinajstić information content (AvgIpc) is 3.51. The fourth-order valence-electron chi connectivity index (χ4n) is 6.81. The third-order valence-electron chi connectivity index (χ3n) is 9.35. The zero-order valence-electron chi connectivity index (χ0n) is 24.3. The Hall–Kier alpha value is -3.07. The van der Waals surface area contributed by atoms with Crippen LogP contribution in [-0.2, 0) is 33.0 Å². The number of hydrogen-bond donors (Lipinski definition) is 1. The molecule has 2 fully saturated rings. The van der Waals surface area contributed by atoms with Crippen molar-refractivity contribution in [1.82, 2.24) is 10.2 Å². The highest BCUT2D eigenvalue weighted by Crippen LogP contribution is 2.53. The first-order valence-corrected chi connectivity index (χ1v) is 17.4. The molecule has 1 amide bonds. The summed E-state index contributed by atoms with van der Waals surface area (Å²) in [5, 5.41) is 3.98. The fourth-order valence-corrected chi connectivity index (χ4v) is 8.66. The van der Waals surface area contributed by atoms with Crippen molar-refractivity contribution < 1.29 is 22.7 Å². The number of ether oxygens (including phenoxy) is 2. The molecule has 1 saturated heterocycles. The second-order valence-corrected chi connectivity index (χ2v) is 14.8. The molecule has 0 spiro atoms. The molecule has 1 aliphatic carbocycles. The van der Waals surface area contributed by atoms with Crippen molar-refractivity contribution in [2.24, 2.45) is 0 Å². The van der Waals surface area contributed by atoms with Crippen LogP contribution >= 0.6 is 11.6 Å². The summed E-state index contributed by atoms with van der Waals surface area (Å²) >= 11 is 6.20. The Labute approximate surface area is 259 Å². The van der Waals surface area contributed by atoms with E-state index in [-0.39, 0.29) is 30.4 Å². The van der Waals surface area contributed by atoms with Crippen molar-refractivity contribution >= 4 is 27.5 Å². The Kier molecular flexibility index (Phi) is 8.98. The van der Waals surface area contributed by atoms with Crippen molar-refractivity contribution in [1.29, 1.82) is 0 Å². The van der Waals surface area contributed by atoms with Crippen LogP contribution in [0.15, 0.2) is 72.8 Å². The number of carbonyl (C=O) groups is 1. The first-order chi connectivity index (χ1) is 20.8. The molecule has 0 aromatic heterocycles. The molecule has 2 unspecified atom stereocenters. The van der Waals surface area contributed by atoms with Crippen LogP contribution in [0.25, 0.3) is 0 Å². The van der Waals surface area contributed by atoms with E-state index in [1.807, 2.05) is 48.5 Å². The van der Waals surface area contributed by atoms with Crippen LogP contribution in [-0.4, -0.2) is 56.7 Å². The van der Waals surface area contributed by atoms with Crippen molar-refractivity contribution in [3.63, 3.8) is 0 Å². The van der Waals surface area contributed by atoms with Crippen molar-refractivity contribution in [2.45, 2.75) is 61.8 Å². The van der Waals surface area contributed by atoms with Gasteiger partial charge in [0.15, 0.2) is 9.84 Å². The van der Waals surface area contributed by atoms with E-state index in [1.54, 1.807) is 0 Å². The lowest BCUT2D eigenvalue weighted by Gasteiger charge is -2.50. The molecule has 2 atom stereocenters. The minimum Gasteiger partial charge on any atom is -0.494 e. The van der Waals surface area contributed by atoms with Gasteiger partial charge in [-0.15, -0.1) is 0 Å². The number of amides is 1. The van der Waals surface area contributed by atoms with Gasteiger partial charge in [0.05, 0.1) is 17.6 Å². The van der Waals surface area contributed by atoms with E-state index in [4.69, 9.17) is 21.1 Å². The van der Waals surface area contributed by atoms with Gasteiger partial charge in [0.1, 0.15) is 12.4 Å². The molecular formula is C34H39ClN2O5S. The number of sulfone groups is 1. The molecule has 228 valence electrons. The van der Waals surface area contributed by atoms with Crippen LogP contribution in [0.4, 0.5) is 4.79 Å². The second kappa shape index (κ2) is 12.9. The van der Waals surface area contributed by atoms with Crippen molar-refractivity contribution in [3.05, 3.63) is 100 Å². The Balaban J connectivity index is 1.02. The molecule has 3 aromatic rings. The number of rotatable bonds is 10.